The lowest BCUT2D eigenvalue weighted by molar-refractivity contribution is -0.239. The first-order valence-corrected chi connectivity index (χ1v) is 14.8. The van der Waals surface area contributed by atoms with Gasteiger partial charge in [-0.2, -0.15) is 0 Å². The van der Waals surface area contributed by atoms with Crippen LogP contribution in [0.3, 0.4) is 0 Å². The molecule has 5 aliphatic rings. The van der Waals surface area contributed by atoms with Gasteiger partial charge in [0.15, 0.2) is 0 Å². The number of fused-ring (bicyclic) bond motifs is 6. The van der Waals surface area contributed by atoms with Crippen molar-refractivity contribution in [2.24, 2.45) is 39.9 Å². The van der Waals surface area contributed by atoms with Crippen molar-refractivity contribution in [2.75, 3.05) is 0 Å². The van der Waals surface area contributed by atoms with Crippen molar-refractivity contribution in [3.63, 3.8) is 0 Å². The molecule has 5 nitrogen and oxygen atoms in total. The zero-order valence-corrected chi connectivity index (χ0v) is 24.4. The number of nitrogens with zero attached hydrogens (tertiary/aromatic N) is 2. The van der Waals surface area contributed by atoms with Crippen LogP contribution in [-0.4, -0.2) is 38.2 Å². The number of carbonyl (C=O) groups excluding carboxylic acids is 1. The van der Waals surface area contributed by atoms with Crippen LogP contribution in [0.2, 0.25) is 0 Å². The van der Waals surface area contributed by atoms with E-state index >= 15 is 0 Å². The minimum Gasteiger partial charge on any atom is -0.393 e. The van der Waals surface area contributed by atoms with Gasteiger partial charge in [-0.25, -0.2) is 0 Å². The maximum absolute atomic E-state index is 14.3. The molecule has 2 heterocycles. The molecular weight excluding hydrogens is 460 g/mol. The summed E-state index contributed by atoms with van der Waals surface area (Å²) in [6.07, 6.45) is 10.8. The number of hydrogen-bond acceptors (Lipinski definition) is 5. The second-order valence-corrected chi connectivity index (χ2v) is 15.7. The van der Waals surface area contributed by atoms with E-state index in [2.05, 4.69) is 55.4 Å². The minimum absolute atomic E-state index is 0.105. The fraction of sp³-hybridized carbons (Fsp3) is 0.844. The van der Waals surface area contributed by atoms with Gasteiger partial charge in [0, 0.05) is 30.1 Å². The maximum Gasteiger partial charge on any atom is 0.138 e. The molecule has 5 heteroatoms. The van der Waals surface area contributed by atoms with Crippen molar-refractivity contribution in [2.45, 2.75) is 129 Å². The predicted molar refractivity (Wildman–Crippen MR) is 144 cm³/mol. The van der Waals surface area contributed by atoms with Crippen molar-refractivity contribution in [3.05, 3.63) is 23.8 Å². The Hall–Kier alpha value is -1.33. The first kappa shape index (κ1) is 25.9. The number of rotatable bonds is 1. The molecule has 1 aliphatic heterocycles. The summed E-state index contributed by atoms with van der Waals surface area (Å²) in [7, 11) is 0. The molecule has 1 N–H and O–H groups in total. The van der Waals surface area contributed by atoms with E-state index < -0.39 is 0 Å². The summed E-state index contributed by atoms with van der Waals surface area (Å²) in [5, 5.41) is 12.1. The summed E-state index contributed by atoms with van der Waals surface area (Å²) < 4.78 is 6.86. The summed E-state index contributed by atoms with van der Waals surface area (Å²) >= 11 is 0. The quantitative estimate of drug-likeness (QED) is 0.499. The van der Waals surface area contributed by atoms with Gasteiger partial charge < -0.3 is 9.84 Å². The molecular formula is C32H48N2O3. The maximum atomic E-state index is 14.3. The van der Waals surface area contributed by atoms with Gasteiger partial charge in [0.05, 0.1) is 28.7 Å². The second kappa shape index (κ2) is 7.65. The van der Waals surface area contributed by atoms with E-state index in [9.17, 15) is 9.90 Å². The lowest BCUT2D eigenvalue weighted by Gasteiger charge is -2.69. The third-order valence-corrected chi connectivity index (χ3v) is 12.8. The van der Waals surface area contributed by atoms with Crippen LogP contribution in [0.25, 0.3) is 0 Å². The normalized spacial score (nSPS) is 50.0. The van der Waals surface area contributed by atoms with Crippen molar-refractivity contribution in [1.82, 2.24) is 9.97 Å². The lowest BCUT2D eigenvalue weighted by Crippen LogP contribution is -2.69. The van der Waals surface area contributed by atoms with Crippen LogP contribution in [0.5, 0.6) is 0 Å². The predicted octanol–water partition coefficient (Wildman–Crippen LogP) is 6.06. The van der Waals surface area contributed by atoms with E-state index in [0.717, 1.165) is 49.9 Å². The van der Waals surface area contributed by atoms with Gasteiger partial charge >= 0.3 is 0 Å². The molecule has 0 radical (unpaired) electrons. The molecule has 37 heavy (non-hydrogen) atoms. The lowest BCUT2D eigenvalue weighted by atomic mass is 9.35. The fourth-order valence-electron chi connectivity index (χ4n) is 11.5. The highest BCUT2D eigenvalue weighted by molar-refractivity contribution is 5.86. The SMILES string of the molecule is CC1(C)CCC[C@](C)([C@H]2CC[C@]3(C)[C@@H]2[C@H](O)C[C@@H]2[C@@]4(C)Cc5nccnc5C(C)(C)[C@@H]4C(=O)C[C@]23C)O1. The Labute approximate surface area is 223 Å². The van der Waals surface area contributed by atoms with E-state index in [-0.39, 0.29) is 56.7 Å². The highest BCUT2D eigenvalue weighted by Crippen LogP contribution is 2.75. The summed E-state index contributed by atoms with van der Waals surface area (Å²) in [5.74, 6) is 1.02. The van der Waals surface area contributed by atoms with Gasteiger partial charge in [-0.1, -0.05) is 34.6 Å². The van der Waals surface area contributed by atoms with Crippen LogP contribution in [0.4, 0.5) is 0 Å². The molecule has 4 fully saturated rings. The van der Waals surface area contributed by atoms with Gasteiger partial charge in [0.1, 0.15) is 5.78 Å². The number of Topliss-reactive ketones (excluding diaryl/α,β-unsaturated/α-hetero) is 1. The van der Waals surface area contributed by atoms with Crippen LogP contribution in [0, 0.1) is 39.9 Å². The molecule has 6 rings (SSSR count). The van der Waals surface area contributed by atoms with Gasteiger partial charge in [0.2, 0.25) is 0 Å². The van der Waals surface area contributed by atoms with Crippen LogP contribution in [0.15, 0.2) is 12.4 Å². The molecule has 0 aromatic carbocycles. The Morgan fingerprint density at radius 3 is 2.32 bits per heavy atom. The van der Waals surface area contributed by atoms with Crippen molar-refractivity contribution in [1.29, 1.82) is 0 Å². The summed E-state index contributed by atoms with van der Waals surface area (Å²) in [5.41, 5.74) is 0.791. The van der Waals surface area contributed by atoms with Gasteiger partial charge in [-0.05, 0) is 99.7 Å². The van der Waals surface area contributed by atoms with Crippen molar-refractivity contribution < 1.29 is 14.6 Å². The molecule has 0 spiro atoms. The number of carbonyl (C=O) groups is 1. The molecule has 0 amide bonds. The molecule has 204 valence electrons. The highest BCUT2D eigenvalue weighted by atomic mass is 16.5. The summed E-state index contributed by atoms with van der Waals surface area (Å²) in [6.45, 7) is 18.3. The van der Waals surface area contributed by atoms with Gasteiger partial charge in [-0.15, -0.1) is 0 Å². The second-order valence-electron chi connectivity index (χ2n) is 15.7. The first-order chi connectivity index (χ1) is 17.1. The smallest absolute Gasteiger partial charge is 0.138 e. The average Bonchev–Trinajstić information content (AvgIpc) is 3.15. The Morgan fingerprint density at radius 1 is 0.919 bits per heavy atom. The molecule has 1 aromatic heterocycles. The van der Waals surface area contributed by atoms with Crippen LogP contribution in [0.1, 0.15) is 112 Å². The number of ketones is 1. The summed E-state index contributed by atoms with van der Waals surface area (Å²) in [4.78, 5) is 23.8. The van der Waals surface area contributed by atoms with Gasteiger partial charge in [-0.3, -0.25) is 14.8 Å². The third-order valence-electron chi connectivity index (χ3n) is 12.8. The van der Waals surface area contributed by atoms with Crippen molar-refractivity contribution in [3.8, 4) is 0 Å². The van der Waals surface area contributed by atoms with E-state index in [0.29, 0.717) is 18.1 Å². The van der Waals surface area contributed by atoms with E-state index in [1.165, 1.54) is 6.42 Å². The average molecular weight is 509 g/mol. The monoisotopic (exact) mass is 508 g/mol. The third kappa shape index (κ3) is 3.25. The molecule has 4 aliphatic carbocycles. The number of ether oxygens (including phenoxy) is 1. The standard InChI is InChI=1S/C32H48N2O3/c1-27(2)11-9-12-32(8,37-27)19-10-13-30(6)24(19)21(35)16-23-29(5)17-20-26(34-15-14-33-20)28(3,4)25(29)22(36)18-31(23,30)7/h14-15,19,21,23-25,35H,9-13,16-18H2,1-8H3/t19-,21+,23+,24-,25-,29+,30+,31+,32+/m0/s1. The molecule has 3 saturated carbocycles. The van der Waals surface area contributed by atoms with E-state index in [1.807, 2.05) is 0 Å². The van der Waals surface area contributed by atoms with E-state index in [1.54, 1.807) is 12.4 Å². The zero-order valence-electron chi connectivity index (χ0n) is 24.4. The minimum atomic E-state index is -0.377. The highest BCUT2D eigenvalue weighted by Gasteiger charge is 2.73. The number of aromatic nitrogens is 2. The molecule has 9 atom stereocenters. The molecule has 0 unspecified atom stereocenters. The van der Waals surface area contributed by atoms with Crippen molar-refractivity contribution >= 4 is 5.78 Å². The van der Waals surface area contributed by atoms with Crippen LogP contribution in [-0.2, 0) is 21.4 Å². The Kier molecular flexibility index (Phi) is 5.36. The van der Waals surface area contributed by atoms with Gasteiger partial charge in [0.25, 0.3) is 0 Å². The summed E-state index contributed by atoms with van der Waals surface area (Å²) in [6, 6.07) is 0. The fourth-order valence-corrected chi connectivity index (χ4v) is 11.5. The number of aliphatic hydroxyl groups is 1. The molecule has 1 aromatic rings. The first-order valence-electron chi connectivity index (χ1n) is 14.8. The largest absolute Gasteiger partial charge is 0.393 e. The zero-order chi connectivity index (χ0) is 26.8. The molecule has 1 saturated heterocycles. The van der Waals surface area contributed by atoms with Crippen LogP contribution >= 0.6 is 0 Å². The topological polar surface area (TPSA) is 72.3 Å². The number of aliphatic hydroxyl groups excluding tert-OH is 1. The molecule has 0 bridgehead atoms. The van der Waals surface area contributed by atoms with E-state index in [4.69, 9.17) is 14.7 Å². The number of hydrogen-bond donors (Lipinski definition) is 1. The van der Waals surface area contributed by atoms with Crippen LogP contribution < -0.4 is 0 Å². The Balaban J connectivity index is 1.43. The Bertz CT molecular complexity index is 1130. The Morgan fingerprint density at radius 2 is 1.62 bits per heavy atom.